The number of carbonyl (C=O) groups is 1. The van der Waals surface area contributed by atoms with Gasteiger partial charge in [-0.05, 0) is 0 Å². The molecule has 0 unspecified atom stereocenters. The summed E-state index contributed by atoms with van der Waals surface area (Å²) < 4.78 is 69.3. The Balaban J connectivity index is 2.24. The molecule has 0 radical (unpaired) electrons. The molecular formula is C10H14F5NO3. The summed E-state index contributed by atoms with van der Waals surface area (Å²) in [6.45, 7) is 0.457. The molecule has 1 rings (SSSR count). The first-order chi connectivity index (χ1) is 8.72. The average molecular weight is 291 g/mol. The summed E-state index contributed by atoms with van der Waals surface area (Å²) in [5.41, 5.74) is 0. The summed E-state index contributed by atoms with van der Waals surface area (Å²) in [5.74, 6) is -6.09. The van der Waals surface area contributed by atoms with E-state index in [1.165, 1.54) is 0 Å². The van der Waals surface area contributed by atoms with Crippen molar-refractivity contribution in [3.8, 4) is 0 Å². The van der Waals surface area contributed by atoms with Gasteiger partial charge in [0.1, 0.15) is 0 Å². The third kappa shape index (κ3) is 5.27. The lowest BCUT2D eigenvalue weighted by Gasteiger charge is -2.26. The van der Waals surface area contributed by atoms with E-state index >= 15 is 0 Å². The summed E-state index contributed by atoms with van der Waals surface area (Å²) in [6.07, 6.45) is -5.94. The van der Waals surface area contributed by atoms with E-state index in [0.29, 0.717) is 26.3 Å². The minimum atomic E-state index is -5.71. The zero-order valence-corrected chi connectivity index (χ0v) is 10.0. The van der Waals surface area contributed by atoms with Gasteiger partial charge in [-0.3, -0.25) is 9.69 Å². The Morgan fingerprint density at radius 1 is 1.16 bits per heavy atom. The van der Waals surface area contributed by atoms with E-state index in [-0.39, 0.29) is 13.0 Å². The Bertz CT molecular complexity index is 302. The summed E-state index contributed by atoms with van der Waals surface area (Å²) in [7, 11) is 0. The fourth-order valence-electron chi connectivity index (χ4n) is 1.40. The van der Waals surface area contributed by atoms with E-state index in [4.69, 9.17) is 4.74 Å². The highest BCUT2D eigenvalue weighted by Crippen LogP contribution is 2.35. The van der Waals surface area contributed by atoms with E-state index in [1.54, 1.807) is 0 Å². The van der Waals surface area contributed by atoms with Crippen LogP contribution in [0.1, 0.15) is 6.42 Å². The minimum Gasteiger partial charge on any atom is -0.459 e. The van der Waals surface area contributed by atoms with E-state index in [9.17, 15) is 26.7 Å². The second-order valence-corrected chi connectivity index (χ2v) is 4.07. The molecule has 19 heavy (non-hydrogen) atoms. The Hall–Kier alpha value is -0.960. The van der Waals surface area contributed by atoms with Crippen molar-refractivity contribution >= 4 is 5.97 Å². The van der Waals surface area contributed by atoms with Crippen LogP contribution in [0.15, 0.2) is 0 Å². The second-order valence-electron chi connectivity index (χ2n) is 4.07. The first-order valence-electron chi connectivity index (χ1n) is 5.62. The van der Waals surface area contributed by atoms with Crippen molar-refractivity contribution < 1.29 is 36.2 Å². The largest absolute Gasteiger partial charge is 0.459 e. The van der Waals surface area contributed by atoms with Crippen molar-refractivity contribution in [3.05, 3.63) is 0 Å². The fraction of sp³-hybridized carbons (Fsp3) is 0.900. The van der Waals surface area contributed by atoms with Crippen molar-refractivity contribution in [1.82, 2.24) is 4.90 Å². The van der Waals surface area contributed by atoms with Gasteiger partial charge < -0.3 is 9.47 Å². The number of alkyl halides is 5. The number of hydrogen-bond acceptors (Lipinski definition) is 4. The van der Waals surface area contributed by atoms with Crippen molar-refractivity contribution in [2.45, 2.75) is 18.5 Å². The molecule has 0 N–H and O–H groups in total. The molecule has 1 heterocycles. The molecule has 0 aromatic heterocycles. The number of halogens is 5. The molecular weight excluding hydrogens is 277 g/mol. The van der Waals surface area contributed by atoms with Crippen LogP contribution in [-0.4, -0.2) is 62.4 Å². The average Bonchev–Trinajstić information content (AvgIpc) is 2.34. The molecule has 0 aromatic rings. The number of esters is 1. The highest BCUT2D eigenvalue weighted by molar-refractivity contribution is 5.69. The van der Waals surface area contributed by atoms with Crippen molar-refractivity contribution in [2.24, 2.45) is 0 Å². The molecule has 1 fully saturated rings. The van der Waals surface area contributed by atoms with Gasteiger partial charge >= 0.3 is 18.1 Å². The van der Waals surface area contributed by atoms with E-state index < -0.39 is 24.7 Å². The summed E-state index contributed by atoms with van der Waals surface area (Å²) in [5, 5.41) is 0. The number of carbonyl (C=O) groups excluding carboxylic acids is 1. The van der Waals surface area contributed by atoms with Gasteiger partial charge in [0, 0.05) is 19.6 Å². The van der Waals surface area contributed by atoms with Crippen LogP contribution in [0.4, 0.5) is 22.0 Å². The van der Waals surface area contributed by atoms with Gasteiger partial charge in [0.15, 0.2) is 6.61 Å². The number of ether oxygens (including phenoxy) is 2. The monoisotopic (exact) mass is 291 g/mol. The molecule has 0 aliphatic carbocycles. The molecule has 9 heteroatoms. The molecule has 1 aliphatic rings. The topological polar surface area (TPSA) is 38.8 Å². The van der Waals surface area contributed by atoms with Crippen LogP contribution in [0.2, 0.25) is 0 Å². The summed E-state index contributed by atoms with van der Waals surface area (Å²) >= 11 is 0. The van der Waals surface area contributed by atoms with Crippen molar-refractivity contribution in [3.63, 3.8) is 0 Å². The third-order valence-electron chi connectivity index (χ3n) is 2.57. The highest BCUT2D eigenvalue weighted by Gasteiger charge is 2.58. The van der Waals surface area contributed by atoms with Gasteiger partial charge in [0.25, 0.3) is 0 Å². The number of rotatable bonds is 5. The van der Waals surface area contributed by atoms with Crippen LogP contribution in [-0.2, 0) is 14.3 Å². The maximum atomic E-state index is 12.5. The van der Waals surface area contributed by atoms with Gasteiger partial charge in [-0.1, -0.05) is 0 Å². The van der Waals surface area contributed by atoms with Gasteiger partial charge in [-0.25, -0.2) is 0 Å². The third-order valence-corrected chi connectivity index (χ3v) is 2.57. The van der Waals surface area contributed by atoms with Gasteiger partial charge in [0.05, 0.1) is 19.6 Å². The van der Waals surface area contributed by atoms with Crippen LogP contribution in [0.25, 0.3) is 0 Å². The fourth-order valence-corrected chi connectivity index (χ4v) is 1.40. The normalized spacial score (nSPS) is 18.4. The summed E-state index contributed by atoms with van der Waals surface area (Å²) in [6, 6.07) is 0. The lowest BCUT2D eigenvalue weighted by molar-refractivity contribution is -0.294. The van der Waals surface area contributed by atoms with E-state index in [2.05, 4.69) is 4.74 Å². The van der Waals surface area contributed by atoms with Crippen LogP contribution in [0.5, 0.6) is 0 Å². The molecule has 1 saturated heterocycles. The number of hydrogen-bond donors (Lipinski definition) is 0. The SMILES string of the molecule is O=C(CCN1CCOCC1)OCC(F)(F)C(F)(F)F. The molecule has 1 aliphatic heterocycles. The van der Waals surface area contributed by atoms with Crippen molar-refractivity contribution in [2.75, 3.05) is 39.5 Å². The van der Waals surface area contributed by atoms with Gasteiger partial charge in [-0.2, -0.15) is 22.0 Å². The molecule has 4 nitrogen and oxygen atoms in total. The molecule has 0 spiro atoms. The lowest BCUT2D eigenvalue weighted by atomic mass is 10.3. The quantitative estimate of drug-likeness (QED) is 0.568. The van der Waals surface area contributed by atoms with Gasteiger partial charge in [0.2, 0.25) is 0 Å². The Morgan fingerprint density at radius 3 is 2.26 bits per heavy atom. The van der Waals surface area contributed by atoms with Crippen LogP contribution in [0.3, 0.4) is 0 Å². The van der Waals surface area contributed by atoms with E-state index in [1.807, 2.05) is 4.90 Å². The maximum absolute atomic E-state index is 12.5. The first kappa shape index (κ1) is 16.1. The molecule has 0 aromatic carbocycles. The Kier molecular flexibility index (Phi) is 5.48. The predicted molar refractivity (Wildman–Crippen MR) is 53.8 cm³/mol. The molecule has 0 atom stereocenters. The Morgan fingerprint density at radius 2 is 1.74 bits per heavy atom. The predicted octanol–water partition coefficient (Wildman–Crippen LogP) is 1.45. The van der Waals surface area contributed by atoms with Gasteiger partial charge in [-0.15, -0.1) is 0 Å². The summed E-state index contributed by atoms with van der Waals surface area (Å²) in [4.78, 5) is 12.9. The van der Waals surface area contributed by atoms with Crippen LogP contribution < -0.4 is 0 Å². The maximum Gasteiger partial charge on any atom is 0.456 e. The lowest BCUT2D eigenvalue weighted by Crippen LogP contribution is -2.42. The highest BCUT2D eigenvalue weighted by atomic mass is 19.4. The molecule has 0 saturated carbocycles. The van der Waals surface area contributed by atoms with Crippen molar-refractivity contribution in [1.29, 1.82) is 0 Å². The Labute approximate surface area is 106 Å². The first-order valence-corrected chi connectivity index (χ1v) is 5.62. The van der Waals surface area contributed by atoms with Crippen LogP contribution in [0, 0.1) is 0 Å². The molecule has 0 amide bonds. The molecule has 112 valence electrons. The standard InChI is InChI=1S/C10H14F5NO3/c11-9(12,10(13,14)15)7-19-8(17)1-2-16-3-5-18-6-4-16/h1-7H2. The second kappa shape index (κ2) is 6.47. The smallest absolute Gasteiger partial charge is 0.456 e. The van der Waals surface area contributed by atoms with Crippen LogP contribution >= 0.6 is 0 Å². The zero-order chi connectivity index (χ0) is 14.5. The number of nitrogens with zero attached hydrogens (tertiary/aromatic N) is 1. The van der Waals surface area contributed by atoms with E-state index in [0.717, 1.165) is 0 Å². The minimum absolute atomic E-state index is 0.228. The molecule has 0 bridgehead atoms. The number of morpholine rings is 1. The zero-order valence-electron chi connectivity index (χ0n) is 10.0.